The van der Waals surface area contributed by atoms with Crippen molar-refractivity contribution >= 4 is 5.91 Å². The number of benzene rings is 2. The van der Waals surface area contributed by atoms with Crippen LogP contribution in [0.4, 0.5) is 4.39 Å². The number of carbonyl (C=O) groups is 1. The second kappa shape index (κ2) is 8.31. The van der Waals surface area contributed by atoms with Gasteiger partial charge >= 0.3 is 0 Å². The number of hydrogen-bond acceptors (Lipinski definition) is 3. The predicted molar refractivity (Wildman–Crippen MR) is 107 cm³/mol. The zero-order chi connectivity index (χ0) is 20.3. The molecule has 1 saturated heterocycles. The molecule has 2 aromatic carbocycles. The summed E-state index contributed by atoms with van der Waals surface area (Å²) in [6, 6.07) is 10.4. The quantitative estimate of drug-likeness (QED) is 0.859. The van der Waals surface area contributed by atoms with E-state index in [9.17, 15) is 14.3 Å². The highest BCUT2D eigenvalue weighted by atomic mass is 19.1. The highest BCUT2D eigenvalue weighted by Crippen LogP contribution is 2.26. The normalized spacial score (nSPS) is 20.0. The fourth-order valence-electron chi connectivity index (χ4n) is 3.46. The average molecular weight is 385 g/mol. The van der Waals surface area contributed by atoms with Crippen LogP contribution in [0.1, 0.15) is 46.3 Å². The van der Waals surface area contributed by atoms with Gasteiger partial charge in [-0.25, -0.2) is 4.39 Å². The molecule has 4 nitrogen and oxygen atoms in total. The van der Waals surface area contributed by atoms with Crippen LogP contribution in [0.3, 0.4) is 0 Å². The Morgan fingerprint density at radius 2 is 1.82 bits per heavy atom. The van der Waals surface area contributed by atoms with E-state index in [4.69, 9.17) is 4.74 Å². The Balaban J connectivity index is 1.62. The van der Waals surface area contributed by atoms with Crippen LogP contribution in [0.5, 0.6) is 5.75 Å². The summed E-state index contributed by atoms with van der Waals surface area (Å²) in [4.78, 5) is 14.4. The van der Waals surface area contributed by atoms with Crippen LogP contribution >= 0.6 is 0 Å². The van der Waals surface area contributed by atoms with E-state index in [1.54, 1.807) is 24.0 Å². The van der Waals surface area contributed by atoms with Gasteiger partial charge in [-0.1, -0.05) is 12.1 Å². The molecule has 5 heteroatoms. The Bertz CT molecular complexity index is 867. The van der Waals surface area contributed by atoms with Gasteiger partial charge in [0.2, 0.25) is 0 Å². The third-order valence-electron chi connectivity index (χ3n) is 5.61. The number of aryl methyl sites for hydroxylation is 3. The van der Waals surface area contributed by atoms with Gasteiger partial charge < -0.3 is 14.7 Å². The van der Waals surface area contributed by atoms with Crippen molar-refractivity contribution in [2.24, 2.45) is 0 Å². The largest absolute Gasteiger partial charge is 0.491 e. The molecule has 2 aromatic rings. The maximum absolute atomic E-state index is 13.8. The number of carbonyl (C=O) groups excluding carboxylic acids is 1. The zero-order valence-corrected chi connectivity index (χ0v) is 16.8. The van der Waals surface area contributed by atoms with Crippen molar-refractivity contribution in [1.29, 1.82) is 0 Å². The fourth-order valence-corrected chi connectivity index (χ4v) is 3.46. The highest BCUT2D eigenvalue weighted by Gasteiger charge is 2.32. The third kappa shape index (κ3) is 4.71. The van der Waals surface area contributed by atoms with Gasteiger partial charge in [0.05, 0.1) is 0 Å². The second-order valence-corrected chi connectivity index (χ2v) is 7.87. The molecule has 1 amide bonds. The minimum absolute atomic E-state index is 0.191. The van der Waals surface area contributed by atoms with Crippen molar-refractivity contribution in [3.05, 3.63) is 64.5 Å². The molecule has 0 aliphatic carbocycles. The first-order valence-electron chi connectivity index (χ1n) is 9.75. The lowest BCUT2D eigenvalue weighted by Gasteiger charge is -2.27. The van der Waals surface area contributed by atoms with Gasteiger partial charge in [0.1, 0.15) is 23.8 Å². The lowest BCUT2D eigenvalue weighted by Crippen LogP contribution is -2.38. The molecule has 0 radical (unpaired) electrons. The van der Waals surface area contributed by atoms with Crippen LogP contribution < -0.4 is 4.74 Å². The molecule has 1 fully saturated rings. The van der Waals surface area contributed by atoms with Crippen LogP contribution in [0.25, 0.3) is 0 Å². The van der Waals surface area contributed by atoms with E-state index < -0.39 is 5.60 Å². The van der Waals surface area contributed by atoms with Crippen molar-refractivity contribution < 1.29 is 19.0 Å². The molecule has 3 rings (SSSR count). The molecular weight excluding hydrogens is 357 g/mol. The topological polar surface area (TPSA) is 49.8 Å². The van der Waals surface area contributed by atoms with Crippen molar-refractivity contribution in [3.8, 4) is 5.75 Å². The number of ether oxygens (including phenoxy) is 1. The first-order valence-corrected chi connectivity index (χ1v) is 9.75. The predicted octanol–water partition coefficient (Wildman–Crippen LogP) is 4.19. The van der Waals surface area contributed by atoms with Gasteiger partial charge in [-0.3, -0.25) is 4.79 Å². The first-order chi connectivity index (χ1) is 13.3. The average Bonchev–Trinajstić information content (AvgIpc) is 2.87. The van der Waals surface area contributed by atoms with Gasteiger partial charge in [-0.15, -0.1) is 0 Å². The molecule has 1 unspecified atom stereocenters. The minimum atomic E-state index is -0.980. The Morgan fingerprint density at radius 3 is 2.54 bits per heavy atom. The third-order valence-corrected chi connectivity index (χ3v) is 5.61. The number of halogens is 1. The molecule has 1 heterocycles. The zero-order valence-electron chi connectivity index (χ0n) is 16.8. The maximum Gasteiger partial charge on any atom is 0.253 e. The van der Waals surface area contributed by atoms with Crippen molar-refractivity contribution in [2.45, 2.75) is 45.6 Å². The first kappa shape index (κ1) is 20.3. The van der Waals surface area contributed by atoms with Crippen molar-refractivity contribution in [3.63, 3.8) is 0 Å². The fraction of sp³-hybridized carbons (Fsp3) is 0.435. The Kier molecular flexibility index (Phi) is 6.04. The summed E-state index contributed by atoms with van der Waals surface area (Å²) in [5.74, 6) is 0.168. The molecule has 0 aromatic heterocycles. The highest BCUT2D eigenvalue weighted by molar-refractivity contribution is 5.94. The second-order valence-electron chi connectivity index (χ2n) is 7.87. The van der Waals surface area contributed by atoms with Gasteiger partial charge in [0.25, 0.3) is 5.91 Å². The standard InChI is InChI=1S/C23H28FNO3/c1-16-6-8-20(13-18(16)3)28-15-23(27)9-4-11-25(12-10-23)22(26)19-7-5-17(2)21(24)14-19/h5-8,13-14,27H,4,9-12,15H2,1-3H3. The van der Waals surface area contributed by atoms with E-state index in [1.165, 1.54) is 11.6 Å². The number of likely N-dealkylation sites (tertiary alicyclic amines) is 1. The molecule has 0 saturated carbocycles. The molecule has 150 valence electrons. The van der Waals surface area contributed by atoms with E-state index >= 15 is 0 Å². The number of rotatable bonds is 4. The van der Waals surface area contributed by atoms with E-state index in [1.807, 2.05) is 32.0 Å². The summed E-state index contributed by atoms with van der Waals surface area (Å²) in [6.07, 6.45) is 1.66. The van der Waals surface area contributed by atoms with Crippen molar-refractivity contribution in [2.75, 3.05) is 19.7 Å². The van der Waals surface area contributed by atoms with Crippen molar-refractivity contribution in [1.82, 2.24) is 4.90 Å². The molecule has 1 N–H and O–H groups in total. The van der Waals surface area contributed by atoms with Crippen LogP contribution in [0, 0.1) is 26.6 Å². The van der Waals surface area contributed by atoms with Gasteiger partial charge in [-0.05, 0) is 81.0 Å². The molecule has 0 spiro atoms. The molecule has 28 heavy (non-hydrogen) atoms. The lowest BCUT2D eigenvalue weighted by molar-refractivity contribution is -0.0163. The lowest BCUT2D eigenvalue weighted by atomic mass is 9.96. The molecule has 1 aliphatic rings. The molecule has 0 bridgehead atoms. The summed E-state index contributed by atoms with van der Waals surface area (Å²) in [5.41, 5.74) is 2.23. The van der Waals surface area contributed by atoms with Gasteiger partial charge in [0, 0.05) is 18.7 Å². The number of hydrogen-bond donors (Lipinski definition) is 1. The van der Waals surface area contributed by atoms with E-state index in [0.717, 1.165) is 11.3 Å². The Labute approximate surface area is 165 Å². The number of aliphatic hydroxyl groups is 1. The SMILES string of the molecule is Cc1ccc(OCC2(O)CCCN(C(=O)c3ccc(C)c(F)c3)CC2)cc1C. The van der Waals surface area contributed by atoms with Crippen LogP contribution in [0.15, 0.2) is 36.4 Å². The summed E-state index contributed by atoms with van der Waals surface area (Å²) < 4.78 is 19.6. The number of nitrogens with zero attached hydrogens (tertiary/aromatic N) is 1. The Morgan fingerprint density at radius 1 is 1.07 bits per heavy atom. The van der Waals surface area contributed by atoms with E-state index in [-0.39, 0.29) is 18.3 Å². The van der Waals surface area contributed by atoms with E-state index in [0.29, 0.717) is 43.5 Å². The van der Waals surface area contributed by atoms with Crippen LogP contribution in [-0.2, 0) is 0 Å². The maximum atomic E-state index is 13.8. The minimum Gasteiger partial charge on any atom is -0.491 e. The summed E-state index contributed by atoms with van der Waals surface area (Å²) in [7, 11) is 0. The molecule has 1 atom stereocenters. The van der Waals surface area contributed by atoms with Gasteiger partial charge in [-0.2, -0.15) is 0 Å². The summed E-state index contributed by atoms with van der Waals surface area (Å²) >= 11 is 0. The molecular formula is C23H28FNO3. The van der Waals surface area contributed by atoms with Crippen LogP contribution in [-0.4, -0.2) is 41.2 Å². The molecule has 1 aliphatic heterocycles. The summed E-state index contributed by atoms with van der Waals surface area (Å²) in [5, 5.41) is 11.0. The number of amides is 1. The summed E-state index contributed by atoms with van der Waals surface area (Å²) in [6.45, 7) is 6.90. The Hall–Kier alpha value is -2.40. The van der Waals surface area contributed by atoms with Crippen LogP contribution in [0.2, 0.25) is 0 Å². The van der Waals surface area contributed by atoms with E-state index in [2.05, 4.69) is 0 Å². The smallest absolute Gasteiger partial charge is 0.253 e. The monoisotopic (exact) mass is 385 g/mol. The van der Waals surface area contributed by atoms with Gasteiger partial charge in [0.15, 0.2) is 0 Å².